The van der Waals surface area contributed by atoms with E-state index < -0.39 is 16.7 Å². The molecule has 0 spiro atoms. The van der Waals surface area contributed by atoms with Crippen LogP contribution in [0, 0.1) is 10.1 Å². The fraction of sp³-hybridized carbons (Fsp3) is 0.0690. The van der Waals surface area contributed by atoms with Crippen molar-refractivity contribution in [3.63, 3.8) is 0 Å². The van der Waals surface area contributed by atoms with Crippen LogP contribution in [0.15, 0.2) is 97.3 Å². The van der Waals surface area contributed by atoms with Crippen molar-refractivity contribution in [3.8, 4) is 22.4 Å². The number of benzene rings is 3. The lowest BCUT2D eigenvalue weighted by atomic mass is 10.0. The summed E-state index contributed by atoms with van der Waals surface area (Å²) in [4.78, 5) is 41.0. The second-order valence-corrected chi connectivity index (χ2v) is 8.27. The average molecular weight is 492 g/mol. The third-order valence-corrected chi connectivity index (χ3v) is 6.02. The number of nitrogens with zero attached hydrogens (tertiary/aromatic N) is 3. The number of fused-ring (bicyclic) bond motifs is 1. The number of hydrogen-bond acceptors (Lipinski definition) is 6. The van der Waals surface area contributed by atoms with E-state index in [1.807, 2.05) is 54.6 Å². The highest BCUT2D eigenvalue weighted by atomic mass is 16.6. The summed E-state index contributed by atoms with van der Waals surface area (Å²) in [5.74, 6) is -0.957. The maximum absolute atomic E-state index is 13.3. The molecule has 0 fully saturated rings. The van der Waals surface area contributed by atoms with Gasteiger partial charge in [0.25, 0.3) is 5.69 Å². The van der Waals surface area contributed by atoms with E-state index in [9.17, 15) is 19.7 Å². The zero-order valence-corrected chi connectivity index (χ0v) is 19.8. The molecule has 0 aliphatic carbocycles. The van der Waals surface area contributed by atoms with Gasteiger partial charge in [-0.05, 0) is 42.3 Å². The van der Waals surface area contributed by atoms with Gasteiger partial charge in [0.15, 0.2) is 0 Å². The van der Waals surface area contributed by atoms with E-state index in [2.05, 4.69) is 4.98 Å². The van der Waals surface area contributed by atoms with Crippen LogP contribution in [0.3, 0.4) is 0 Å². The summed E-state index contributed by atoms with van der Waals surface area (Å²) in [6, 6.07) is 26.5. The summed E-state index contributed by atoms with van der Waals surface area (Å²) in [6.45, 7) is 1.89. The molecule has 0 aliphatic heterocycles. The number of carbonyl (C=O) groups is 2. The average Bonchev–Trinajstić information content (AvgIpc) is 3.32. The standard InChI is InChI=1S/C29H21N3O5/c1-2-37-29(34)24-16-27(28(33)22-12-14-23(15-13-22)32(35)36)31-18-30-25(17-26(24)31)21-10-8-20(9-11-21)19-6-4-3-5-7-19/h3-18H,2H2,1H3. The molecular weight excluding hydrogens is 470 g/mol. The molecule has 37 heavy (non-hydrogen) atoms. The minimum atomic E-state index is -0.556. The minimum absolute atomic E-state index is 0.117. The lowest BCUT2D eigenvalue weighted by molar-refractivity contribution is -0.384. The predicted molar refractivity (Wildman–Crippen MR) is 139 cm³/mol. The Kier molecular flexibility index (Phi) is 6.30. The van der Waals surface area contributed by atoms with E-state index in [1.165, 1.54) is 41.1 Å². The Hall–Kier alpha value is -5.11. The molecule has 8 nitrogen and oxygen atoms in total. The molecule has 0 saturated heterocycles. The molecule has 0 amide bonds. The van der Waals surface area contributed by atoms with E-state index in [0.717, 1.165) is 16.7 Å². The first-order valence-electron chi connectivity index (χ1n) is 11.6. The van der Waals surface area contributed by atoms with Crippen molar-refractivity contribution in [3.05, 3.63) is 124 Å². The number of esters is 1. The van der Waals surface area contributed by atoms with Crippen molar-refractivity contribution in [2.45, 2.75) is 6.92 Å². The largest absolute Gasteiger partial charge is 0.462 e. The highest BCUT2D eigenvalue weighted by Gasteiger charge is 2.23. The Labute approximate surface area is 211 Å². The van der Waals surface area contributed by atoms with Gasteiger partial charge < -0.3 is 4.74 Å². The smallest absolute Gasteiger partial charge is 0.340 e. The number of ether oxygens (including phenoxy) is 1. The first-order chi connectivity index (χ1) is 18.0. The molecule has 0 saturated carbocycles. The third-order valence-electron chi connectivity index (χ3n) is 6.02. The molecular formula is C29H21N3O5. The van der Waals surface area contributed by atoms with Crippen LogP contribution in [0.5, 0.6) is 0 Å². The van der Waals surface area contributed by atoms with Crippen LogP contribution in [-0.4, -0.2) is 32.7 Å². The fourth-order valence-corrected chi connectivity index (χ4v) is 4.15. The van der Waals surface area contributed by atoms with Crippen LogP contribution in [0.1, 0.15) is 33.3 Å². The molecule has 2 heterocycles. The van der Waals surface area contributed by atoms with E-state index in [-0.39, 0.29) is 29.1 Å². The summed E-state index contributed by atoms with van der Waals surface area (Å²) in [7, 11) is 0. The highest BCUT2D eigenvalue weighted by Crippen LogP contribution is 2.27. The van der Waals surface area contributed by atoms with E-state index in [4.69, 9.17) is 4.74 Å². The summed E-state index contributed by atoms with van der Waals surface area (Å²) in [5.41, 5.74) is 4.68. The zero-order chi connectivity index (χ0) is 25.9. The summed E-state index contributed by atoms with van der Waals surface area (Å²) in [5, 5.41) is 11.0. The molecule has 3 aromatic carbocycles. The van der Waals surface area contributed by atoms with E-state index >= 15 is 0 Å². The maximum atomic E-state index is 13.3. The number of nitro groups is 1. The number of aromatic nitrogens is 2. The van der Waals surface area contributed by atoms with Gasteiger partial charge in [-0.15, -0.1) is 0 Å². The quantitative estimate of drug-likeness (QED) is 0.120. The van der Waals surface area contributed by atoms with Crippen LogP contribution in [0.2, 0.25) is 0 Å². The molecule has 5 rings (SSSR count). The SMILES string of the molecule is CCOC(=O)c1cc(C(=O)c2ccc([N+](=O)[O-])cc2)n2cnc(-c3ccc(-c4ccccc4)cc3)cc12. The molecule has 0 atom stereocenters. The Balaban J connectivity index is 1.56. The van der Waals surface area contributed by atoms with Gasteiger partial charge in [-0.25, -0.2) is 9.78 Å². The fourth-order valence-electron chi connectivity index (χ4n) is 4.15. The van der Waals surface area contributed by atoms with Crippen molar-refractivity contribution < 1.29 is 19.2 Å². The van der Waals surface area contributed by atoms with Crippen molar-refractivity contribution in [2.24, 2.45) is 0 Å². The van der Waals surface area contributed by atoms with Crippen molar-refractivity contribution in [1.82, 2.24) is 9.38 Å². The molecule has 0 aliphatic rings. The van der Waals surface area contributed by atoms with Gasteiger partial charge in [-0.3, -0.25) is 19.3 Å². The summed E-state index contributed by atoms with van der Waals surface area (Å²) in [6.07, 6.45) is 1.50. The topological polar surface area (TPSA) is 104 Å². The molecule has 182 valence electrons. The summed E-state index contributed by atoms with van der Waals surface area (Å²) >= 11 is 0. The molecule has 0 radical (unpaired) electrons. The first kappa shape index (κ1) is 23.6. The van der Waals surface area contributed by atoms with Gasteiger partial charge in [0, 0.05) is 23.3 Å². The second-order valence-electron chi connectivity index (χ2n) is 8.27. The predicted octanol–water partition coefficient (Wildman–Crippen LogP) is 5.98. The molecule has 5 aromatic rings. The maximum Gasteiger partial charge on any atom is 0.340 e. The molecule has 0 N–H and O–H groups in total. The van der Waals surface area contributed by atoms with Crippen molar-refractivity contribution in [2.75, 3.05) is 6.61 Å². The van der Waals surface area contributed by atoms with E-state index in [0.29, 0.717) is 11.2 Å². The first-order valence-corrected chi connectivity index (χ1v) is 11.6. The van der Waals surface area contributed by atoms with Gasteiger partial charge in [0.1, 0.15) is 6.33 Å². The normalized spacial score (nSPS) is 10.8. The van der Waals surface area contributed by atoms with Gasteiger partial charge >= 0.3 is 5.97 Å². The van der Waals surface area contributed by atoms with Crippen molar-refractivity contribution >= 4 is 23.0 Å². The highest BCUT2D eigenvalue weighted by molar-refractivity contribution is 6.11. The van der Waals surface area contributed by atoms with Crippen molar-refractivity contribution in [1.29, 1.82) is 0 Å². The Morgan fingerprint density at radius 2 is 1.54 bits per heavy atom. The van der Waals surface area contributed by atoms with Crippen LogP contribution in [0.4, 0.5) is 5.69 Å². The third kappa shape index (κ3) is 4.60. The van der Waals surface area contributed by atoms with Gasteiger partial charge in [0.2, 0.25) is 5.78 Å². The Morgan fingerprint density at radius 1 is 0.892 bits per heavy atom. The van der Waals surface area contributed by atoms with Gasteiger partial charge in [0.05, 0.1) is 34.0 Å². The van der Waals surface area contributed by atoms with Crippen LogP contribution < -0.4 is 0 Å². The number of non-ortho nitro benzene ring substituents is 1. The van der Waals surface area contributed by atoms with Crippen LogP contribution in [0.25, 0.3) is 27.9 Å². The molecule has 8 heteroatoms. The molecule has 0 unspecified atom stereocenters. The number of carbonyl (C=O) groups excluding carboxylic acids is 2. The van der Waals surface area contributed by atoms with Crippen LogP contribution in [-0.2, 0) is 4.74 Å². The number of rotatable bonds is 7. The molecule has 0 bridgehead atoms. The summed E-state index contributed by atoms with van der Waals surface area (Å²) < 4.78 is 6.77. The van der Waals surface area contributed by atoms with Gasteiger partial charge in [-0.1, -0.05) is 54.6 Å². The molecule has 2 aromatic heterocycles. The lowest BCUT2D eigenvalue weighted by Crippen LogP contribution is -2.06. The zero-order valence-electron chi connectivity index (χ0n) is 19.8. The number of nitro benzene ring substituents is 1. The number of ketones is 1. The Morgan fingerprint density at radius 3 is 2.19 bits per heavy atom. The van der Waals surface area contributed by atoms with Crippen LogP contribution >= 0.6 is 0 Å². The monoisotopic (exact) mass is 491 g/mol. The minimum Gasteiger partial charge on any atom is -0.462 e. The second kappa shape index (κ2) is 9.87. The van der Waals surface area contributed by atoms with E-state index in [1.54, 1.807) is 13.0 Å². The number of hydrogen-bond donors (Lipinski definition) is 0. The lowest BCUT2D eigenvalue weighted by Gasteiger charge is -2.07. The Bertz CT molecular complexity index is 1620. The van der Waals surface area contributed by atoms with Gasteiger partial charge in [-0.2, -0.15) is 0 Å².